The van der Waals surface area contributed by atoms with Crippen LogP contribution in [0.2, 0.25) is 0 Å². The van der Waals surface area contributed by atoms with Crippen LogP contribution in [-0.4, -0.2) is 26.0 Å². The number of aryl methyl sites for hydroxylation is 3. The van der Waals surface area contributed by atoms with Crippen molar-refractivity contribution in [1.29, 1.82) is 0 Å². The molecule has 0 amide bonds. The Labute approximate surface area is 161 Å². The molecule has 0 saturated heterocycles. The number of hydrogen-bond acceptors (Lipinski definition) is 4. The molecule has 0 unspecified atom stereocenters. The average molecular weight is 380 g/mol. The topological polar surface area (TPSA) is 60.7 Å². The first-order valence-corrected chi connectivity index (χ1v) is 8.48. The van der Waals surface area contributed by atoms with Crippen molar-refractivity contribution in [3.8, 4) is 0 Å². The van der Waals surface area contributed by atoms with Crippen LogP contribution in [0.25, 0.3) is 11.1 Å². The first-order valence-electron chi connectivity index (χ1n) is 8.48. The number of Topliss-reactive ketones (excluding diaryl/α,β-unsaturated/α-hetero) is 1. The molecule has 7 heteroatoms. The predicted molar refractivity (Wildman–Crippen MR) is 102 cm³/mol. The van der Waals surface area contributed by atoms with Gasteiger partial charge < -0.3 is 0 Å². The lowest BCUT2D eigenvalue weighted by Gasteiger charge is -2.13. The van der Waals surface area contributed by atoms with E-state index in [1.165, 1.54) is 41.1 Å². The van der Waals surface area contributed by atoms with Gasteiger partial charge in [-0.2, -0.15) is 0 Å². The molecule has 28 heavy (non-hydrogen) atoms. The summed E-state index contributed by atoms with van der Waals surface area (Å²) in [4.78, 5) is 13.3. The van der Waals surface area contributed by atoms with E-state index in [9.17, 15) is 13.6 Å². The second-order valence-corrected chi connectivity index (χ2v) is 6.46. The molecule has 0 N–H and O–H groups in total. The number of carbonyl (C=O) groups excluding carboxylic acids is 1. The molecule has 0 aliphatic carbocycles. The minimum atomic E-state index is -0.424. The van der Waals surface area contributed by atoms with Crippen LogP contribution in [-0.2, 0) is 7.05 Å². The Morgan fingerprint density at radius 2 is 1.61 bits per heavy atom. The second-order valence-electron chi connectivity index (χ2n) is 6.46. The Balaban J connectivity index is 2.16. The minimum absolute atomic E-state index is 0.292. The highest BCUT2D eigenvalue weighted by Gasteiger charge is 2.20. The summed E-state index contributed by atoms with van der Waals surface area (Å²) in [5.41, 5.74) is 2.69. The molecule has 0 bridgehead atoms. The molecule has 2 aromatic carbocycles. The molecule has 5 nitrogen and oxygen atoms in total. The number of nitrogens with zero attached hydrogens (tertiary/aromatic N) is 4. The van der Waals surface area contributed by atoms with Gasteiger partial charge in [0, 0.05) is 23.8 Å². The summed E-state index contributed by atoms with van der Waals surface area (Å²) < 4.78 is 28.5. The Bertz CT molecular complexity index is 1120. The van der Waals surface area contributed by atoms with E-state index in [0.29, 0.717) is 39.2 Å². The van der Waals surface area contributed by atoms with Gasteiger partial charge in [-0.05, 0) is 77.4 Å². The number of hydrogen-bond donors (Lipinski definition) is 0. The average Bonchev–Trinajstić information content (AvgIpc) is 3.06. The van der Waals surface area contributed by atoms with Crippen LogP contribution in [0, 0.1) is 25.5 Å². The lowest BCUT2D eigenvalue weighted by atomic mass is 9.90. The first-order chi connectivity index (χ1) is 13.3. The van der Waals surface area contributed by atoms with Crippen molar-refractivity contribution in [2.24, 2.45) is 7.05 Å². The molecular formula is C21H18F2N4O. The van der Waals surface area contributed by atoms with Gasteiger partial charge >= 0.3 is 0 Å². The number of benzene rings is 2. The maximum atomic E-state index is 13.6. The summed E-state index contributed by atoms with van der Waals surface area (Å²) in [7, 11) is 1.66. The molecule has 0 aliphatic heterocycles. The van der Waals surface area contributed by atoms with E-state index in [1.807, 2.05) is 0 Å². The summed E-state index contributed by atoms with van der Waals surface area (Å²) >= 11 is 0. The van der Waals surface area contributed by atoms with Crippen molar-refractivity contribution in [2.45, 2.75) is 13.8 Å². The molecule has 1 heterocycles. The van der Waals surface area contributed by atoms with Crippen molar-refractivity contribution in [1.82, 2.24) is 20.2 Å². The van der Waals surface area contributed by atoms with E-state index in [2.05, 4.69) is 22.1 Å². The number of carbonyl (C=O) groups is 1. The van der Waals surface area contributed by atoms with E-state index >= 15 is 0 Å². The molecule has 3 aromatic rings. The quantitative estimate of drug-likeness (QED) is 0.380. The van der Waals surface area contributed by atoms with Gasteiger partial charge in [0.2, 0.25) is 0 Å². The Morgan fingerprint density at radius 1 is 1.04 bits per heavy atom. The van der Waals surface area contributed by atoms with Crippen LogP contribution in [0.3, 0.4) is 0 Å². The van der Waals surface area contributed by atoms with Crippen LogP contribution in [0.4, 0.5) is 8.78 Å². The fourth-order valence-corrected chi connectivity index (χ4v) is 2.96. The van der Waals surface area contributed by atoms with Crippen molar-refractivity contribution in [2.75, 3.05) is 0 Å². The van der Waals surface area contributed by atoms with E-state index in [-0.39, 0.29) is 5.78 Å². The molecule has 0 fully saturated rings. The van der Waals surface area contributed by atoms with E-state index in [0.717, 1.165) is 0 Å². The third-order valence-electron chi connectivity index (χ3n) is 4.38. The smallest absolute Gasteiger partial charge is 0.193 e. The molecule has 0 aliphatic rings. The van der Waals surface area contributed by atoms with E-state index in [1.54, 1.807) is 27.0 Å². The Kier molecular flexibility index (Phi) is 5.26. The third-order valence-corrected chi connectivity index (χ3v) is 4.38. The van der Waals surface area contributed by atoms with Gasteiger partial charge in [-0.15, -0.1) is 5.10 Å². The van der Waals surface area contributed by atoms with Crippen molar-refractivity contribution in [3.63, 3.8) is 0 Å². The van der Waals surface area contributed by atoms with Crippen molar-refractivity contribution < 1.29 is 13.6 Å². The summed E-state index contributed by atoms with van der Waals surface area (Å²) in [6.07, 6.45) is 1.57. The highest BCUT2D eigenvalue weighted by molar-refractivity contribution is 6.30. The summed E-state index contributed by atoms with van der Waals surface area (Å²) in [5, 5.41) is 11.2. The third kappa shape index (κ3) is 3.78. The first kappa shape index (κ1) is 19.3. The maximum Gasteiger partial charge on any atom is 0.193 e. The SMILES string of the molecule is C=C(C=C(C(=O)c1ccc(F)cc1C)c1ccc(F)cc1C)c1nnnn1C. The van der Waals surface area contributed by atoms with Gasteiger partial charge in [0.15, 0.2) is 11.6 Å². The van der Waals surface area contributed by atoms with Crippen molar-refractivity contribution in [3.05, 3.63) is 88.8 Å². The van der Waals surface area contributed by atoms with Crippen LogP contribution >= 0.6 is 0 Å². The number of tetrazole rings is 1. The second kappa shape index (κ2) is 7.64. The lowest BCUT2D eigenvalue weighted by Crippen LogP contribution is -2.08. The van der Waals surface area contributed by atoms with Gasteiger partial charge in [0.05, 0.1) is 0 Å². The summed E-state index contributed by atoms with van der Waals surface area (Å²) in [5.74, 6) is -0.765. The van der Waals surface area contributed by atoms with E-state index in [4.69, 9.17) is 0 Å². The highest BCUT2D eigenvalue weighted by atomic mass is 19.1. The Morgan fingerprint density at radius 3 is 2.11 bits per heavy atom. The van der Waals surface area contributed by atoms with Crippen molar-refractivity contribution >= 4 is 16.9 Å². The monoisotopic (exact) mass is 380 g/mol. The number of halogens is 2. The van der Waals surface area contributed by atoms with Gasteiger partial charge in [-0.3, -0.25) is 4.79 Å². The number of allylic oxidation sites excluding steroid dienone is 3. The van der Waals surface area contributed by atoms with E-state index < -0.39 is 11.6 Å². The zero-order valence-electron chi connectivity index (χ0n) is 15.7. The number of rotatable bonds is 5. The minimum Gasteiger partial charge on any atom is -0.289 e. The largest absolute Gasteiger partial charge is 0.289 e. The summed E-state index contributed by atoms with van der Waals surface area (Å²) in [6, 6.07) is 8.14. The fourth-order valence-electron chi connectivity index (χ4n) is 2.96. The Hall–Kier alpha value is -3.48. The van der Waals surface area contributed by atoms with Gasteiger partial charge in [0.25, 0.3) is 0 Å². The zero-order chi connectivity index (χ0) is 20.4. The van der Waals surface area contributed by atoms with Gasteiger partial charge in [-0.25, -0.2) is 13.5 Å². The molecule has 1 aromatic heterocycles. The molecule has 0 spiro atoms. The van der Waals surface area contributed by atoms with Crippen LogP contribution < -0.4 is 0 Å². The number of ketones is 1. The molecule has 0 atom stereocenters. The molecular weight excluding hydrogens is 362 g/mol. The number of aromatic nitrogens is 4. The predicted octanol–water partition coefficient (Wildman–Crippen LogP) is 4.08. The molecule has 3 rings (SSSR count). The molecule has 0 radical (unpaired) electrons. The zero-order valence-corrected chi connectivity index (χ0v) is 15.7. The molecule has 142 valence electrons. The van der Waals surface area contributed by atoms with Gasteiger partial charge in [0.1, 0.15) is 11.6 Å². The molecule has 0 saturated carbocycles. The summed E-state index contributed by atoms with van der Waals surface area (Å²) in [6.45, 7) is 7.33. The van der Waals surface area contributed by atoms with Crippen LogP contribution in [0.5, 0.6) is 0 Å². The van der Waals surface area contributed by atoms with Crippen LogP contribution in [0.1, 0.15) is 32.9 Å². The standard InChI is InChI=1S/C21H18F2N4O/c1-12-9-15(22)5-7-17(12)19(11-14(3)21-24-25-26-27(21)4)20(28)18-8-6-16(23)10-13(18)2/h5-11H,3H2,1-2,4H3. The highest BCUT2D eigenvalue weighted by Crippen LogP contribution is 2.28. The maximum absolute atomic E-state index is 13.6. The normalized spacial score (nSPS) is 11.5. The lowest BCUT2D eigenvalue weighted by molar-refractivity contribution is 0.105. The van der Waals surface area contributed by atoms with Gasteiger partial charge in [-0.1, -0.05) is 12.6 Å². The van der Waals surface area contributed by atoms with Crippen LogP contribution in [0.15, 0.2) is 49.1 Å². The fraction of sp³-hybridized carbons (Fsp3) is 0.143.